The number of fused-ring (bicyclic) bond motifs is 1. The zero-order valence-corrected chi connectivity index (χ0v) is 28.1. The van der Waals surface area contributed by atoms with Gasteiger partial charge in [-0.25, -0.2) is 0 Å². The third kappa shape index (κ3) is 6.32. The van der Waals surface area contributed by atoms with E-state index in [0.29, 0.717) is 38.6 Å². The summed E-state index contributed by atoms with van der Waals surface area (Å²) in [7, 11) is 0. The second kappa shape index (κ2) is 13.6. The largest absolute Gasteiger partial charge is 0.507 e. The monoisotopic (exact) mass is 689 g/mol. The smallest absolute Gasteiger partial charge is 0.301 e. The quantitative estimate of drug-likeness (QED) is 0.0532. The molecule has 1 aliphatic rings. The first-order valence-electron chi connectivity index (χ1n) is 15.1. The second-order valence-corrected chi connectivity index (χ2v) is 13.9. The molecule has 1 fully saturated rings. The van der Waals surface area contributed by atoms with Crippen molar-refractivity contribution in [2.75, 3.05) is 4.90 Å². The van der Waals surface area contributed by atoms with Gasteiger partial charge in [0.05, 0.1) is 11.6 Å². The molecular formula is C38H28ClN3O4S2. The molecule has 5 aromatic carbocycles. The van der Waals surface area contributed by atoms with E-state index in [1.54, 1.807) is 48.5 Å². The summed E-state index contributed by atoms with van der Waals surface area (Å²) in [6.07, 6.45) is 0. The van der Waals surface area contributed by atoms with Gasteiger partial charge in [-0.05, 0) is 76.3 Å². The van der Waals surface area contributed by atoms with E-state index in [-0.39, 0.29) is 16.5 Å². The highest BCUT2D eigenvalue weighted by atomic mass is 35.5. The number of carbonyl (C=O) groups excluding carboxylic acids is 2. The number of aliphatic hydroxyl groups is 1. The van der Waals surface area contributed by atoms with E-state index < -0.39 is 17.7 Å². The van der Waals surface area contributed by atoms with Crippen molar-refractivity contribution >= 4 is 68.1 Å². The number of thioether (sulfide) groups is 1. The number of hydrogen-bond acceptors (Lipinski definition) is 8. The molecule has 48 heavy (non-hydrogen) atoms. The number of halogens is 1. The van der Waals surface area contributed by atoms with Crippen LogP contribution in [0.3, 0.4) is 0 Å². The standard InChI is InChI=1S/C38H28ClN3O4S2/c1-23-8-2-3-10-27(23)21-46-30-18-16-25(17-19-30)34(43)32-33(26-12-7-14-29(39)20-26)42(36(45)35(32)44)37-40-41-38(48-37)47-22-28-13-6-11-24-9-4-5-15-31(24)28/h2-20,33,43H,21-22H2,1H3/b34-32+. The zero-order valence-electron chi connectivity index (χ0n) is 25.7. The average Bonchev–Trinajstić information content (AvgIpc) is 3.68. The van der Waals surface area contributed by atoms with Crippen LogP contribution in [0.2, 0.25) is 5.02 Å². The number of nitrogens with zero attached hydrogens (tertiary/aromatic N) is 3. The summed E-state index contributed by atoms with van der Waals surface area (Å²) in [5.41, 5.74) is 4.21. The van der Waals surface area contributed by atoms with E-state index in [0.717, 1.165) is 27.5 Å². The van der Waals surface area contributed by atoms with Crippen LogP contribution in [0.4, 0.5) is 5.13 Å². The predicted octanol–water partition coefficient (Wildman–Crippen LogP) is 9.15. The molecule has 0 saturated carbocycles. The van der Waals surface area contributed by atoms with Gasteiger partial charge in [-0.15, -0.1) is 10.2 Å². The molecule has 0 aliphatic carbocycles. The highest BCUT2D eigenvalue weighted by molar-refractivity contribution is 8.00. The number of aliphatic hydroxyl groups excluding tert-OH is 1. The molecule has 7 rings (SSSR count). The van der Waals surface area contributed by atoms with Crippen molar-refractivity contribution < 1.29 is 19.4 Å². The van der Waals surface area contributed by atoms with Crippen LogP contribution in [0.15, 0.2) is 125 Å². The van der Waals surface area contributed by atoms with Crippen molar-refractivity contribution in [1.82, 2.24) is 10.2 Å². The van der Waals surface area contributed by atoms with E-state index in [2.05, 4.69) is 34.5 Å². The second-order valence-electron chi connectivity index (χ2n) is 11.2. The van der Waals surface area contributed by atoms with Gasteiger partial charge in [-0.1, -0.05) is 114 Å². The van der Waals surface area contributed by atoms with Gasteiger partial charge in [0.2, 0.25) is 5.13 Å². The van der Waals surface area contributed by atoms with Crippen molar-refractivity contribution in [2.45, 2.75) is 29.7 Å². The van der Waals surface area contributed by atoms with Crippen LogP contribution in [0.1, 0.15) is 33.9 Å². The van der Waals surface area contributed by atoms with Gasteiger partial charge < -0.3 is 9.84 Å². The van der Waals surface area contributed by atoms with Gasteiger partial charge in [-0.2, -0.15) is 0 Å². The molecule has 2 heterocycles. The summed E-state index contributed by atoms with van der Waals surface area (Å²) in [4.78, 5) is 28.6. The minimum absolute atomic E-state index is 0.0593. The third-order valence-electron chi connectivity index (χ3n) is 8.23. The Morgan fingerprint density at radius 2 is 1.62 bits per heavy atom. The highest BCUT2D eigenvalue weighted by Gasteiger charge is 2.48. The lowest BCUT2D eigenvalue weighted by molar-refractivity contribution is -0.132. The van der Waals surface area contributed by atoms with Crippen LogP contribution in [-0.2, 0) is 21.9 Å². The maximum absolute atomic E-state index is 13.7. The number of anilines is 1. The van der Waals surface area contributed by atoms with Crippen molar-refractivity contribution in [1.29, 1.82) is 0 Å². The number of ketones is 1. The Kier molecular flexibility index (Phi) is 8.99. The normalized spacial score (nSPS) is 15.7. The Hall–Kier alpha value is -4.96. The number of benzene rings is 5. The third-order valence-corrected chi connectivity index (χ3v) is 10.6. The molecule has 1 unspecified atom stereocenters. The topological polar surface area (TPSA) is 92.6 Å². The van der Waals surface area contributed by atoms with E-state index in [1.807, 2.05) is 49.4 Å². The van der Waals surface area contributed by atoms with Gasteiger partial charge in [-0.3, -0.25) is 14.5 Å². The van der Waals surface area contributed by atoms with Crippen molar-refractivity contribution in [3.05, 3.63) is 154 Å². The fraction of sp³-hybridized carbons (Fsp3) is 0.105. The molecule has 1 amide bonds. The molecule has 1 atom stereocenters. The maximum Gasteiger partial charge on any atom is 0.301 e. The van der Waals surface area contributed by atoms with Gasteiger partial charge in [0.25, 0.3) is 5.78 Å². The van der Waals surface area contributed by atoms with E-state index in [4.69, 9.17) is 16.3 Å². The van der Waals surface area contributed by atoms with Gasteiger partial charge in [0.1, 0.15) is 18.1 Å². The number of ether oxygens (including phenoxy) is 1. The molecule has 0 spiro atoms. The predicted molar refractivity (Wildman–Crippen MR) is 192 cm³/mol. The summed E-state index contributed by atoms with van der Waals surface area (Å²) in [6, 6.07) is 35.1. The highest BCUT2D eigenvalue weighted by Crippen LogP contribution is 2.44. The zero-order chi connectivity index (χ0) is 33.2. The van der Waals surface area contributed by atoms with E-state index in [1.165, 1.54) is 28.0 Å². The summed E-state index contributed by atoms with van der Waals surface area (Å²) in [5, 5.41) is 23.3. The number of aromatic nitrogens is 2. The number of rotatable bonds is 9. The molecule has 1 saturated heterocycles. The SMILES string of the molecule is Cc1ccccc1COc1ccc(/C(O)=C2\C(=O)C(=O)N(c3nnc(SCc4cccc5ccccc45)s3)C2c2cccc(Cl)c2)cc1. The molecule has 10 heteroatoms. The van der Waals surface area contributed by atoms with Crippen LogP contribution in [0.5, 0.6) is 5.75 Å². The molecule has 238 valence electrons. The molecule has 1 N–H and O–H groups in total. The Morgan fingerprint density at radius 3 is 2.44 bits per heavy atom. The minimum atomic E-state index is -0.968. The Labute approximate surface area is 290 Å². The number of carbonyl (C=O) groups is 2. The lowest BCUT2D eigenvalue weighted by atomic mass is 9.95. The summed E-state index contributed by atoms with van der Waals surface area (Å²) in [5.74, 6) is -0.679. The summed E-state index contributed by atoms with van der Waals surface area (Å²) < 4.78 is 6.61. The molecule has 0 radical (unpaired) electrons. The van der Waals surface area contributed by atoms with Crippen LogP contribution in [-0.4, -0.2) is 27.0 Å². The summed E-state index contributed by atoms with van der Waals surface area (Å²) >= 11 is 9.10. The molecule has 1 aromatic heterocycles. The molecule has 7 nitrogen and oxygen atoms in total. The maximum atomic E-state index is 13.7. The molecule has 6 aromatic rings. The average molecular weight is 690 g/mol. The van der Waals surface area contributed by atoms with Crippen LogP contribution in [0, 0.1) is 6.92 Å². The van der Waals surface area contributed by atoms with Gasteiger partial charge in [0, 0.05) is 16.3 Å². The fourth-order valence-electron chi connectivity index (χ4n) is 5.74. The summed E-state index contributed by atoms with van der Waals surface area (Å²) in [6.45, 7) is 2.42. The van der Waals surface area contributed by atoms with E-state index in [9.17, 15) is 14.7 Å². The Bertz CT molecular complexity index is 2190. The molecule has 0 bridgehead atoms. The first kappa shape index (κ1) is 31.6. The lowest BCUT2D eigenvalue weighted by Gasteiger charge is -2.22. The molecular weight excluding hydrogens is 662 g/mol. The van der Waals surface area contributed by atoms with Crippen LogP contribution < -0.4 is 9.64 Å². The van der Waals surface area contributed by atoms with Crippen LogP contribution in [0.25, 0.3) is 16.5 Å². The number of aryl methyl sites for hydroxylation is 1. The van der Waals surface area contributed by atoms with Crippen molar-refractivity contribution in [2.24, 2.45) is 0 Å². The van der Waals surface area contributed by atoms with Crippen molar-refractivity contribution in [3.8, 4) is 5.75 Å². The number of amides is 1. The van der Waals surface area contributed by atoms with Crippen LogP contribution >= 0.6 is 34.7 Å². The van der Waals surface area contributed by atoms with E-state index >= 15 is 0 Å². The number of Topliss-reactive ketones (excluding diaryl/α,β-unsaturated/α-hetero) is 1. The first-order chi connectivity index (χ1) is 23.4. The minimum Gasteiger partial charge on any atom is -0.507 e. The first-order valence-corrected chi connectivity index (χ1v) is 17.3. The van der Waals surface area contributed by atoms with Gasteiger partial charge >= 0.3 is 5.91 Å². The Balaban J connectivity index is 1.18. The van der Waals surface area contributed by atoms with Gasteiger partial charge in [0.15, 0.2) is 4.34 Å². The molecule has 1 aliphatic heterocycles. The fourth-order valence-corrected chi connectivity index (χ4v) is 7.81. The van der Waals surface area contributed by atoms with Crippen molar-refractivity contribution in [3.63, 3.8) is 0 Å². The number of hydrogen-bond donors (Lipinski definition) is 1. The lowest BCUT2D eigenvalue weighted by Crippen LogP contribution is -2.29. The Morgan fingerprint density at radius 1 is 0.896 bits per heavy atom.